The fourth-order valence-electron chi connectivity index (χ4n) is 2.67. The number of hydrogen-bond acceptors (Lipinski definition) is 5. The zero-order valence-electron chi connectivity index (χ0n) is 17.3. The highest BCUT2D eigenvalue weighted by Crippen LogP contribution is 2.15. The van der Waals surface area contributed by atoms with Crippen molar-refractivity contribution in [2.24, 2.45) is 5.16 Å². The first kappa shape index (κ1) is 21.0. The number of aryl methyl sites for hydroxylation is 1. The van der Waals surface area contributed by atoms with E-state index in [2.05, 4.69) is 15.5 Å². The molecule has 1 aromatic heterocycles. The van der Waals surface area contributed by atoms with Crippen LogP contribution in [0, 0.1) is 6.92 Å². The monoisotopic (exact) mass is 403 g/mol. The third-order valence-electron chi connectivity index (χ3n) is 4.40. The van der Waals surface area contributed by atoms with E-state index < -0.39 is 6.10 Å². The summed E-state index contributed by atoms with van der Waals surface area (Å²) in [5.74, 6) is 0.499. The summed E-state index contributed by atoms with van der Waals surface area (Å²) in [7, 11) is 0. The molecule has 154 valence electrons. The van der Waals surface area contributed by atoms with Gasteiger partial charge in [-0.05, 0) is 74.4 Å². The van der Waals surface area contributed by atoms with Gasteiger partial charge in [-0.25, -0.2) is 0 Å². The predicted molar refractivity (Wildman–Crippen MR) is 118 cm³/mol. The van der Waals surface area contributed by atoms with Crippen molar-refractivity contribution in [2.45, 2.75) is 33.5 Å². The molecule has 6 heteroatoms. The number of ether oxygens (including phenoxy) is 1. The van der Waals surface area contributed by atoms with Crippen LogP contribution in [0.5, 0.6) is 5.75 Å². The van der Waals surface area contributed by atoms with Gasteiger partial charge in [0, 0.05) is 23.6 Å². The number of nitrogens with zero attached hydrogens (tertiary/aromatic N) is 2. The largest absolute Gasteiger partial charge is 0.489 e. The smallest absolute Gasteiger partial charge is 0.267 e. The first-order chi connectivity index (χ1) is 14.5. The first-order valence-electron chi connectivity index (χ1n) is 9.71. The number of anilines is 1. The second kappa shape index (κ2) is 10.2. The molecule has 1 amide bonds. The van der Waals surface area contributed by atoms with Crippen molar-refractivity contribution >= 4 is 17.3 Å². The van der Waals surface area contributed by atoms with Crippen LogP contribution < -0.4 is 10.1 Å². The quantitative estimate of drug-likeness (QED) is 0.436. The summed E-state index contributed by atoms with van der Waals surface area (Å²) >= 11 is 0. The number of oxime groups is 1. The van der Waals surface area contributed by atoms with E-state index in [9.17, 15) is 4.79 Å². The number of carbonyl (C=O) groups is 1. The van der Waals surface area contributed by atoms with Crippen LogP contribution in [0.3, 0.4) is 0 Å². The minimum absolute atomic E-state index is 0.253. The van der Waals surface area contributed by atoms with Gasteiger partial charge >= 0.3 is 0 Å². The Morgan fingerprint density at radius 1 is 1.13 bits per heavy atom. The Balaban J connectivity index is 1.52. The Morgan fingerprint density at radius 3 is 2.63 bits per heavy atom. The molecular weight excluding hydrogens is 378 g/mol. The number of aromatic nitrogens is 1. The van der Waals surface area contributed by atoms with E-state index in [1.165, 1.54) is 0 Å². The predicted octanol–water partition coefficient (Wildman–Crippen LogP) is 4.74. The van der Waals surface area contributed by atoms with Crippen LogP contribution in [-0.2, 0) is 16.2 Å². The van der Waals surface area contributed by atoms with E-state index in [4.69, 9.17) is 9.57 Å². The molecule has 0 aliphatic heterocycles. The fraction of sp³-hybridized carbons (Fsp3) is 0.208. The minimum atomic E-state index is -0.720. The molecular formula is C24H25N3O3. The summed E-state index contributed by atoms with van der Waals surface area (Å²) in [6.07, 6.45) is 2.79. The molecule has 0 unspecified atom stereocenters. The summed E-state index contributed by atoms with van der Waals surface area (Å²) in [6.45, 7) is 5.92. The van der Waals surface area contributed by atoms with Crippen molar-refractivity contribution in [2.75, 3.05) is 5.32 Å². The fourth-order valence-corrected chi connectivity index (χ4v) is 2.67. The van der Waals surface area contributed by atoms with Crippen LogP contribution in [0.4, 0.5) is 5.69 Å². The maximum Gasteiger partial charge on any atom is 0.267 e. The molecule has 0 fully saturated rings. The van der Waals surface area contributed by atoms with Crippen molar-refractivity contribution in [1.82, 2.24) is 4.98 Å². The highest BCUT2D eigenvalue weighted by molar-refractivity contribution is 5.98. The highest BCUT2D eigenvalue weighted by atomic mass is 16.6. The second-order valence-corrected chi connectivity index (χ2v) is 6.96. The molecule has 0 spiro atoms. The standard InChI is InChI=1S/C24H25N3O3/c1-17-6-4-8-22(14-17)26-24(28)19(3)30-27-18(2)21-9-11-23(12-10-21)29-16-20-7-5-13-25-15-20/h4-15,19H,16H2,1-3H3,(H,26,28)/t19-/m0/s1. The Kier molecular flexibility index (Phi) is 7.16. The van der Waals surface area contributed by atoms with Crippen LogP contribution in [0.25, 0.3) is 0 Å². The first-order valence-corrected chi connectivity index (χ1v) is 9.71. The number of carbonyl (C=O) groups excluding carboxylic acids is 1. The van der Waals surface area contributed by atoms with Crippen LogP contribution in [0.2, 0.25) is 0 Å². The molecule has 0 saturated heterocycles. The number of nitrogens with one attached hydrogen (secondary N) is 1. The van der Waals surface area contributed by atoms with Crippen molar-refractivity contribution in [3.8, 4) is 5.75 Å². The lowest BCUT2D eigenvalue weighted by atomic mass is 10.1. The molecule has 30 heavy (non-hydrogen) atoms. The van der Waals surface area contributed by atoms with Gasteiger partial charge in [0.15, 0.2) is 0 Å². The highest BCUT2D eigenvalue weighted by Gasteiger charge is 2.14. The van der Waals surface area contributed by atoms with Gasteiger partial charge in [-0.3, -0.25) is 9.78 Å². The lowest BCUT2D eigenvalue weighted by molar-refractivity contribution is -0.126. The summed E-state index contributed by atoms with van der Waals surface area (Å²) in [5, 5.41) is 6.93. The maximum atomic E-state index is 12.3. The van der Waals surface area contributed by atoms with Crippen molar-refractivity contribution in [1.29, 1.82) is 0 Å². The molecule has 1 N–H and O–H groups in total. The van der Waals surface area contributed by atoms with Gasteiger partial charge in [0.25, 0.3) is 5.91 Å². The van der Waals surface area contributed by atoms with Crippen LogP contribution in [0.15, 0.2) is 78.2 Å². The minimum Gasteiger partial charge on any atom is -0.489 e. The topological polar surface area (TPSA) is 72.8 Å². The molecule has 0 saturated carbocycles. The molecule has 6 nitrogen and oxygen atoms in total. The summed E-state index contributed by atoms with van der Waals surface area (Å²) in [6, 6.07) is 19.0. The number of rotatable bonds is 8. The van der Waals surface area contributed by atoms with Gasteiger partial charge < -0.3 is 14.9 Å². The average molecular weight is 403 g/mol. The van der Waals surface area contributed by atoms with Crippen LogP contribution in [0.1, 0.15) is 30.5 Å². The number of pyridine rings is 1. The van der Waals surface area contributed by atoms with E-state index in [0.717, 1.165) is 28.1 Å². The molecule has 2 aromatic carbocycles. The summed E-state index contributed by atoms with van der Waals surface area (Å²) in [5.41, 5.74) is 4.37. The van der Waals surface area contributed by atoms with E-state index in [1.54, 1.807) is 19.3 Å². The van der Waals surface area contributed by atoms with Crippen LogP contribution >= 0.6 is 0 Å². The Labute approximate surface area is 176 Å². The summed E-state index contributed by atoms with van der Waals surface area (Å²) < 4.78 is 5.76. The lowest BCUT2D eigenvalue weighted by Gasteiger charge is -2.12. The zero-order valence-corrected chi connectivity index (χ0v) is 17.3. The van der Waals surface area contributed by atoms with Gasteiger partial charge in [0.1, 0.15) is 12.4 Å². The van der Waals surface area contributed by atoms with Crippen molar-refractivity contribution in [3.63, 3.8) is 0 Å². The third-order valence-corrected chi connectivity index (χ3v) is 4.40. The number of benzene rings is 2. The lowest BCUT2D eigenvalue weighted by Crippen LogP contribution is -2.26. The molecule has 0 aliphatic rings. The average Bonchev–Trinajstić information content (AvgIpc) is 2.77. The van der Waals surface area contributed by atoms with Crippen molar-refractivity contribution < 1.29 is 14.4 Å². The van der Waals surface area contributed by atoms with E-state index in [-0.39, 0.29) is 5.91 Å². The Bertz CT molecular complexity index is 1000. The molecule has 0 aliphatic carbocycles. The van der Waals surface area contributed by atoms with Gasteiger partial charge in [0.05, 0.1) is 5.71 Å². The van der Waals surface area contributed by atoms with Gasteiger partial charge in [-0.2, -0.15) is 0 Å². The number of amides is 1. The SMILES string of the molecule is CC(=NO[C@@H](C)C(=O)Nc1cccc(C)c1)c1ccc(OCc2cccnc2)cc1. The molecule has 1 atom stereocenters. The van der Waals surface area contributed by atoms with Gasteiger partial charge in [0.2, 0.25) is 6.10 Å². The normalized spacial score (nSPS) is 12.2. The van der Waals surface area contributed by atoms with Gasteiger partial charge in [-0.1, -0.05) is 23.4 Å². The van der Waals surface area contributed by atoms with E-state index >= 15 is 0 Å². The van der Waals surface area contributed by atoms with Crippen molar-refractivity contribution in [3.05, 3.63) is 89.7 Å². The van der Waals surface area contributed by atoms with E-state index in [0.29, 0.717) is 12.3 Å². The van der Waals surface area contributed by atoms with Gasteiger partial charge in [-0.15, -0.1) is 0 Å². The van der Waals surface area contributed by atoms with E-state index in [1.807, 2.05) is 74.5 Å². The molecule has 1 heterocycles. The Morgan fingerprint density at radius 2 is 1.93 bits per heavy atom. The zero-order chi connectivity index (χ0) is 21.3. The summed E-state index contributed by atoms with van der Waals surface area (Å²) in [4.78, 5) is 21.7. The molecule has 3 aromatic rings. The maximum absolute atomic E-state index is 12.3. The molecule has 3 rings (SSSR count). The molecule has 0 bridgehead atoms. The van der Waals surface area contributed by atoms with Crippen LogP contribution in [-0.4, -0.2) is 22.7 Å². The molecule has 0 radical (unpaired) electrons. The Hall–Kier alpha value is -3.67. The third kappa shape index (κ3) is 6.17. The number of hydrogen-bond donors (Lipinski definition) is 1. The second-order valence-electron chi connectivity index (χ2n) is 6.96.